The van der Waals surface area contributed by atoms with Gasteiger partial charge in [0, 0.05) is 25.6 Å². The average molecular weight is 282 g/mol. The molecule has 0 bridgehead atoms. The monoisotopic (exact) mass is 282 g/mol. The third-order valence-corrected chi connectivity index (χ3v) is 3.25. The molecule has 1 aliphatic rings. The summed E-state index contributed by atoms with van der Waals surface area (Å²) in [6.07, 6.45) is 1.01. The van der Waals surface area contributed by atoms with Gasteiger partial charge in [-0.05, 0) is 20.3 Å². The van der Waals surface area contributed by atoms with E-state index in [0.717, 1.165) is 32.7 Å². The predicted molar refractivity (Wildman–Crippen MR) is 75.6 cm³/mol. The van der Waals surface area contributed by atoms with Gasteiger partial charge in [-0.1, -0.05) is 0 Å². The zero-order chi connectivity index (χ0) is 14.4. The molecule has 2 heterocycles. The zero-order valence-corrected chi connectivity index (χ0v) is 12.0. The molecule has 1 unspecified atom stereocenters. The molecule has 0 aromatic carbocycles. The van der Waals surface area contributed by atoms with Crippen molar-refractivity contribution in [2.24, 2.45) is 11.8 Å². The second kappa shape index (κ2) is 7.20. The predicted octanol–water partition coefficient (Wildman–Crippen LogP) is 0.419. The number of hydrogen-bond donors (Lipinski definition) is 2. The van der Waals surface area contributed by atoms with E-state index in [1.807, 2.05) is 18.7 Å². The topological polar surface area (TPSA) is 98.4 Å². The SMILES string of the molecule is CCN(CC)c1nc(NN)nc(OCC2CCOC2)n1. The van der Waals surface area contributed by atoms with E-state index < -0.39 is 0 Å². The minimum absolute atomic E-state index is 0.293. The molecule has 112 valence electrons. The van der Waals surface area contributed by atoms with Crippen LogP contribution in [0.1, 0.15) is 20.3 Å². The Kier molecular flexibility index (Phi) is 5.31. The van der Waals surface area contributed by atoms with Crippen molar-refractivity contribution in [3.8, 4) is 6.01 Å². The minimum atomic E-state index is 0.293. The zero-order valence-electron chi connectivity index (χ0n) is 12.0. The molecular weight excluding hydrogens is 260 g/mol. The summed E-state index contributed by atoms with van der Waals surface area (Å²) < 4.78 is 11.0. The smallest absolute Gasteiger partial charge is 0.323 e. The minimum Gasteiger partial charge on any atom is -0.463 e. The molecule has 1 saturated heterocycles. The molecule has 3 N–H and O–H groups in total. The molecule has 0 radical (unpaired) electrons. The molecule has 1 aromatic rings. The molecular formula is C12H22N6O2. The van der Waals surface area contributed by atoms with E-state index in [1.165, 1.54) is 0 Å². The van der Waals surface area contributed by atoms with Crippen LogP contribution in [-0.2, 0) is 4.74 Å². The van der Waals surface area contributed by atoms with Gasteiger partial charge in [0.05, 0.1) is 13.2 Å². The molecule has 0 amide bonds. The van der Waals surface area contributed by atoms with Gasteiger partial charge in [-0.15, -0.1) is 0 Å². The standard InChI is InChI=1S/C12H22N6O2/c1-3-18(4-2)11-14-10(17-13)15-12(16-11)20-8-9-5-6-19-7-9/h9H,3-8,13H2,1-2H3,(H,14,15,16,17). The van der Waals surface area contributed by atoms with Gasteiger partial charge < -0.3 is 14.4 Å². The Morgan fingerprint density at radius 2 is 2.15 bits per heavy atom. The van der Waals surface area contributed by atoms with Gasteiger partial charge in [-0.3, -0.25) is 5.43 Å². The highest BCUT2D eigenvalue weighted by molar-refractivity contribution is 5.37. The average Bonchev–Trinajstić information content (AvgIpc) is 2.99. The Balaban J connectivity index is 2.08. The van der Waals surface area contributed by atoms with Crippen molar-refractivity contribution in [2.45, 2.75) is 20.3 Å². The Labute approximate surface area is 118 Å². The van der Waals surface area contributed by atoms with Gasteiger partial charge in [-0.25, -0.2) is 5.84 Å². The van der Waals surface area contributed by atoms with E-state index >= 15 is 0 Å². The molecule has 20 heavy (non-hydrogen) atoms. The van der Waals surface area contributed by atoms with Crippen LogP contribution in [0.4, 0.5) is 11.9 Å². The van der Waals surface area contributed by atoms with E-state index in [9.17, 15) is 0 Å². The van der Waals surface area contributed by atoms with Crippen molar-refractivity contribution in [3.05, 3.63) is 0 Å². The van der Waals surface area contributed by atoms with Gasteiger partial charge >= 0.3 is 6.01 Å². The number of anilines is 2. The lowest BCUT2D eigenvalue weighted by atomic mass is 10.1. The lowest BCUT2D eigenvalue weighted by Gasteiger charge is -2.19. The van der Waals surface area contributed by atoms with Gasteiger partial charge in [0.15, 0.2) is 0 Å². The van der Waals surface area contributed by atoms with Gasteiger partial charge in [0.1, 0.15) is 0 Å². The first-order valence-electron chi connectivity index (χ1n) is 6.95. The van der Waals surface area contributed by atoms with Gasteiger partial charge in [0.25, 0.3) is 0 Å². The molecule has 0 aliphatic carbocycles. The van der Waals surface area contributed by atoms with E-state index in [4.69, 9.17) is 15.3 Å². The largest absolute Gasteiger partial charge is 0.463 e. The molecule has 1 aromatic heterocycles. The van der Waals surface area contributed by atoms with Crippen molar-refractivity contribution < 1.29 is 9.47 Å². The summed E-state index contributed by atoms with van der Waals surface area (Å²) in [4.78, 5) is 14.7. The van der Waals surface area contributed by atoms with Crippen LogP contribution in [0.3, 0.4) is 0 Å². The van der Waals surface area contributed by atoms with E-state index in [1.54, 1.807) is 0 Å². The summed E-state index contributed by atoms with van der Waals surface area (Å²) in [6.45, 7) is 7.77. The summed E-state index contributed by atoms with van der Waals surface area (Å²) in [5, 5.41) is 0. The number of nitrogens with zero attached hydrogens (tertiary/aromatic N) is 4. The Hall–Kier alpha value is -1.67. The van der Waals surface area contributed by atoms with Crippen LogP contribution in [0, 0.1) is 5.92 Å². The summed E-state index contributed by atoms with van der Waals surface area (Å²) >= 11 is 0. The van der Waals surface area contributed by atoms with Gasteiger partial charge in [-0.2, -0.15) is 15.0 Å². The Morgan fingerprint density at radius 1 is 1.35 bits per heavy atom. The van der Waals surface area contributed by atoms with Crippen molar-refractivity contribution in [1.29, 1.82) is 0 Å². The highest BCUT2D eigenvalue weighted by atomic mass is 16.5. The van der Waals surface area contributed by atoms with Crippen LogP contribution in [-0.4, -0.2) is 47.9 Å². The molecule has 1 atom stereocenters. The maximum absolute atomic E-state index is 5.65. The molecule has 1 aliphatic heterocycles. The fourth-order valence-corrected chi connectivity index (χ4v) is 2.03. The molecule has 0 spiro atoms. The molecule has 2 rings (SSSR count). The van der Waals surface area contributed by atoms with E-state index in [0.29, 0.717) is 30.4 Å². The second-order valence-electron chi connectivity index (χ2n) is 4.60. The van der Waals surface area contributed by atoms with Crippen LogP contribution < -0.4 is 20.9 Å². The van der Waals surface area contributed by atoms with E-state index in [2.05, 4.69) is 20.4 Å². The van der Waals surface area contributed by atoms with Crippen molar-refractivity contribution >= 4 is 11.9 Å². The second-order valence-corrected chi connectivity index (χ2v) is 4.60. The van der Waals surface area contributed by atoms with Crippen LogP contribution >= 0.6 is 0 Å². The number of aromatic nitrogens is 3. The van der Waals surface area contributed by atoms with Crippen LogP contribution in [0.15, 0.2) is 0 Å². The number of ether oxygens (including phenoxy) is 2. The Morgan fingerprint density at radius 3 is 2.75 bits per heavy atom. The maximum Gasteiger partial charge on any atom is 0.323 e. The Bertz CT molecular complexity index is 420. The van der Waals surface area contributed by atoms with Crippen LogP contribution in [0.25, 0.3) is 0 Å². The number of rotatable bonds is 7. The highest BCUT2D eigenvalue weighted by Crippen LogP contribution is 2.17. The lowest BCUT2D eigenvalue weighted by molar-refractivity contribution is 0.163. The lowest BCUT2D eigenvalue weighted by Crippen LogP contribution is -2.26. The fraction of sp³-hybridized carbons (Fsp3) is 0.750. The third kappa shape index (κ3) is 3.67. The van der Waals surface area contributed by atoms with E-state index in [-0.39, 0.29) is 0 Å². The number of nitrogens with two attached hydrogens (primary N) is 1. The number of nitrogen functional groups attached to an aromatic ring is 1. The number of hydrazine groups is 1. The van der Waals surface area contributed by atoms with Crippen LogP contribution in [0.2, 0.25) is 0 Å². The summed E-state index contributed by atoms with van der Waals surface area (Å²) in [5.74, 6) is 6.66. The van der Waals surface area contributed by atoms with Crippen LogP contribution in [0.5, 0.6) is 6.01 Å². The quantitative estimate of drug-likeness (QED) is 0.548. The van der Waals surface area contributed by atoms with Crippen molar-refractivity contribution in [1.82, 2.24) is 15.0 Å². The normalized spacial score (nSPS) is 18.1. The van der Waals surface area contributed by atoms with Crippen molar-refractivity contribution in [2.75, 3.05) is 43.2 Å². The fourth-order valence-electron chi connectivity index (χ4n) is 2.03. The molecule has 1 fully saturated rings. The molecule has 8 nitrogen and oxygen atoms in total. The maximum atomic E-state index is 5.65. The molecule has 0 saturated carbocycles. The first kappa shape index (κ1) is 14.7. The number of nitrogens with one attached hydrogen (secondary N) is 1. The van der Waals surface area contributed by atoms with Crippen molar-refractivity contribution in [3.63, 3.8) is 0 Å². The summed E-state index contributed by atoms with van der Waals surface area (Å²) in [6, 6.07) is 0.293. The third-order valence-electron chi connectivity index (χ3n) is 3.25. The van der Waals surface area contributed by atoms with Gasteiger partial charge in [0.2, 0.25) is 11.9 Å². The first-order valence-corrected chi connectivity index (χ1v) is 6.95. The number of hydrogen-bond acceptors (Lipinski definition) is 8. The molecule has 8 heteroatoms. The highest BCUT2D eigenvalue weighted by Gasteiger charge is 2.18. The summed E-state index contributed by atoms with van der Waals surface area (Å²) in [5.41, 5.74) is 2.45. The first-order chi connectivity index (χ1) is 9.76. The summed E-state index contributed by atoms with van der Waals surface area (Å²) in [7, 11) is 0.